The van der Waals surface area contributed by atoms with Crippen molar-refractivity contribution in [3.63, 3.8) is 0 Å². The van der Waals surface area contributed by atoms with Crippen molar-refractivity contribution in [3.8, 4) is 0 Å². The Morgan fingerprint density at radius 1 is 1.35 bits per heavy atom. The van der Waals surface area contributed by atoms with Crippen molar-refractivity contribution in [2.24, 2.45) is 0 Å². The Morgan fingerprint density at radius 2 is 2.04 bits per heavy atom. The van der Waals surface area contributed by atoms with Crippen LogP contribution in [-0.2, 0) is 19.0 Å². The molecular formula is C16H22O7. The molecule has 0 aromatic rings. The second kappa shape index (κ2) is 5.12. The highest BCUT2D eigenvalue weighted by Crippen LogP contribution is 2.48. The van der Waals surface area contributed by atoms with Crippen LogP contribution in [0.5, 0.6) is 0 Å². The van der Waals surface area contributed by atoms with Crippen molar-refractivity contribution in [2.75, 3.05) is 13.7 Å². The molecular weight excluding hydrogens is 304 g/mol. The number of ether oxygens (including phenoxy) is 3. The molecule has 0 unspecified atom stereocenters. The summed E-state index contributed by atoms with van der Waals surface area (Å²) in [5.74, 6) is -2.15. The van der Waals surface area contributed by atoms with E-state index in [0.29, 0.717) is 6.42 Å². The van der Waals surface area contributed by atoms with E-state index in [1.807, 2.05) is 0 Å². The molecule has 3 heterocycles. The summed E-state index contributed by atoms with van der Waals surface area (Å²) >= 11 is 0. The molecule has 7 heteroatoms. The molecule has 7 nitrogen and oxygen atoms in total. The van der Waals surface area contributed by atoms with E-state index in [2.05, 4.69) is 0 Å². The normalized spacial score (nSPS) is 45.7. The first-order valence-corrected chi connectivity index (χ1v) is 7.61. The van der Waals surface area contributed by atoms with Gasteiger partial charge in [0.25, 0.3) is 0 Å². The molecule has 0 aromatic carbocycles. The van der Waals surface area contributed by atoms with E-state index in [0.717, 1.165) is 0 Å². The van der Waals surface area contributed by atoms with Crippen molar-refractivity contribution in [1.82, 2.24) is 0 Å². The summed E-state index contributed by atoms with van der Waals surface area (Å²) in [6, 6.07) is 0. The van der Waals surface area contributed by atoms with Crippen molar-refractivity contribution in [2.45, 2.75) is 56.2 Å². The van der Waals surface area contributed by atoms with Crippen LogP contribution in [0.15, 0.2) is 23.0 Å². The predicted octanol–water partition coefficient (Wildman–Crippen LogP) is 0.143. The lowest BCUT2D eigenvalue weighted by molar-refractivity contribution is -0.297. The maximum absolute atomic E-state index is 12.1. The highest BCUT2D eigenvalue weighted by atomic mass is 16.7. The topological polar surface area (TPSA) is 105 Å². The monoisotopic (exact) mass is 326 g/mol. The van der Waals surface area contributed by atoms with Gasteiger partial charge >= 0.3 is 5.97 Å². The number of aliphatic hydroxyl groups is 3. The Bertz CT molecular complexity index is 606. The molecule has 1 fully saturated rings. The van der Waals surface area contributed by atoms with E-state index in [4.69, 9.17) is 14.2 Å². The standard InChI is InChI=1S/C16H22O7/c1-14-4-5-16(20,23-14)15(2,19)6-10(17)12-9(8-21-3)13(18)22-11(12)7-14/h7,10,17,19-20H,4-6,8H2,1-3H3/b11-7+/t10-,14-,15-,16+/m0/s1. The number of fused-ring (bicyclic) bond motifs is 3. The Balaban J connectivity index is 2.14. The zero-order valence-electron chi connectivity index (χ0n) is 13.5. The predicted molar refractivity (Wildman–Crippen MR) is 78.0 cm³/mol. The molecule has 2 bridgehead atoms. The van der Waals surface area contributed by atoms with Crippen LogP contribution in [0.25, 0.3) is 0 Å². The van der Waals surface area contributed by atoms with Gasteiger partial charge < -0.3 is 29.5 Å². The number of hydrogen-bond donors (Lipinski definition) is 3. The molecule has 3 aliphatic heterocycles. The molecule has 0 radical (unpaired) electrons. The third-order valence-electron chi connectivity index (χ3n) is 4.89. The van der Waals surface area contributed by atoms with Gasteiger partial charge in [0.2, 0.25) is 0 Å². The second-order valence-corrected chi connectivity index (χ2v) is 6.92. The van der Waals surface area contributed by atoms with Crippen LogP contribution in [0.1, 0.15) is 33.1 Å². The number of carbonyl (C=O) groups is 1. The van der Waals surface area contributed by atoms with Crippen LogP contribution in [0.4, 0.5) is 0 Å². The fourth-order valence-electron chi connectivity index (χ4n) is 3.53. The quantitative estimate of drug-likeness (QED) is 0.620. The van der Waals surface area contributed by atoms with Gasteiger partial charge in [-0.25, -0.2) is 4.79 Å². The van der Waals surface area contributed by atoms with Gasteiger partial charge in [-0.2, -0.15) is 0 Å². The van der Waals surface area contributed by atoms with Gasteiger partial charge in [0.15, 0.2) is 5.79 Å². The SMILES string of the molecule is COCC1=C2/C(=C\[C@]3(C)CC[C@@](O)(O3)[C@@](C)(O)C[C@@H]2O)OC1=O. The van der Waals surface area contributed by atoms with Crippen molar-refractivity contribution >= 4 is 5.97 Å². The molecule has 3 N–H and O–H groups in total. The molecule has 1 saturated heterocycles. The molecule has 0 saturated carbocycles. The smallest absolute Gasteiger partial charge is 0.342 e. The first-order valence-electron chi connectivity index (χ1n) is 7.61. The summed E-state index contributed by atoms with van der Waals surface area (Å²) < 4.78 is 16.0. The number of rotatable bonds is 2. The van der Waals surface area contributed by atoms with Gasteiger partial charge in [-0.05, 0) is 26.3 Å². The Labute approximate surface area is 134 Å². The summed E-state index contributed by atoms with van der Waals surface area (Å²) in [6.07, 6.45) is 0.861. The molecule has 0 aliphatic carbocycles. The van der Waals surface area contributed by atoms with Gasteiger partial charge in [0.1, 0.15) is 11.4 Å². The molecule has 3 aliphatic rings. The summed E-state index contributed by atoms with van der Waals surface area (Å²) in [5, 5.41) is 32.0. The Hall–Kier alpha value is -1.25. The number of aliphatic hydroxyl groups excluding tert-OH is 1. The van der Waals surface area contributed by atoms with Crippen LogP contribution in [-0.4, -0.2) is 58.1 Å². The highest BCUT2D eigenvalue weighted by molar-refractivity contribution is 5.95. The summed E-state index contributed by atoms with van der Waals surface area (Å²) in [7, 11) is 1.44. The van der Waals surface area contributed by atoms with Crippen LogP contribution in [0.2, 0.25) is 0 Å². The van der Waals surface area contributed by atoms with Gasteiger partial charge in [0, 0.05) is 25.5 Å². The minimum Gasteiger partial charge on any atom is -0.423 e. The number of methoxy groups -OCH3 is 1. The summed E-state index contributed by atoms with van der Waals surface area (Å²) in [5.41, 5.74) is -2.09. The largest absolute Gasteiger partial charge is 0.423 e. The average molecular weight is 326 g/mol. The van der Waals surface area contributed by atoms with E-state index < -0.39 is 29.1 Å². The molecule has 128 valence electrons. The Kier molecular flexibility index (Phi) is 3.70. The molecule has 0 spiro atoms. The third-order valence-corrected chi connectivity index (χ3v) is 4.89. The molecule has 3 rings (SSSR count). The maximum Gasteiger partial charge on any atom is 0.342 e. The lowest BCUT2D eigenvalue weighted by Crippen LogP contribution is -2.54. The summed E-state index contributed by atoms with van der Waals surface area (Å²) in [6.45, 7) is 3.15. The molecule has 0 amide bonds. The fraction of sp³-hybridized carbons (Fsp3) is 0.688. The van der Waals surface area contributed by atoms with E-state index in [1.165, 1.54) is 14.0 Å². The fourth-order valence-corrected chi connectivity index (χ4v) is 3.53. The lowest BCUT2D eigenvalue weighted by Gasteiger charge is -2.39. The number of hydrogen-bond acceptors (Lipinski definition) is 7. The zero-order chi connectivity index (χ0) is 17.0. The van der Waals surface area contributed by atoms with Crippen LogP contribution in [0, 0.1) is 0 Å². The number of esters is 1. The van der Waals surface area contributed by atoms with Gasteiger partial charge in [-0.1, -0.05) is 0 Å². The first kappa shape index (κ1) is 16.6. The highest BCUT2D eigenvalue weighted by Gasteiger charge is 2.58. The van der Waals surface area contributed by atoms with E-state index in [-0.39, 0.29) is 36.4 Å². The minimum absolute atomic E-state index is 0.00739. The van der Waals surface area contributed by atoms with Crippen molar-refractivity contribution in [1.29, 1.82) is 0 Å². The first-order chi connectivity index (χ1) is 10.6. The van der Waals surface area contributed by atoms with Crippen LogP contribution >= 0.6 is 0 Å². The lowest BCUT2D eigenvalue weighted by atomic mass is 9.82. The average Bonchev–Trinajstić information content (AvgIpc) is 2.89. The van der Waals surface area contributed by atoms with Gasteiger partial charge in [-0.3, -0.25) is 0 Å². The number of carbonyl (C=O) groups excluding carboxylic acids is 1. The van der Waals surface area contributed by atoms with E-state index in [1.54, 1.807) is 13.0 Å². The third kappa shape index (κ3) is 2.53. The van der Waals surface area contributed by atoms with Crippen LogP contribution in [0.3, 0.4) is 0 Å². The molecule has 23 heavy (non-hydrogen) atoms. The zero-order valence-corrected chi connectivity index (χ0v) is 13.5. The van der Waals surface area contributed by atoms with E-state index in [9.17, 15) is 20.1 Å². The summed E-state index contributed by atoms with van der Waals surface area (Å²) in [4.78, 5) is 12.1. The second-order valence-electron chi connectivity index (χ2n) is 6.92. The minimum atomic E-state index is -1.77. The molecule has 4 atom stereocenters. The van der Waals surface area contributed by atoms with E-state index >= 15 is 0 Å². The van der Waals surface area contributed by atoms with Gasteiger partial charge in [-0.15, -0.1) is 0 Å². The molecule has 0 aromatic heterocycles. The Morgan fingerprint density at radius 3 is 2.70 bits per heavy atom. The maximum atomic E-state index is 12.1. The van der Waals surface area contributed by atoms with Gasteiger partial charge in [0.05, 0.1) is 23.9 Å². The van der Waals surface area contributed by atoms with Crippen molar-refractivity contribution < 1.29 is 34.3 Å². The van der Waals surface area contributed by atoms with Crippen molar-refractivity contribution in [3.05, 3.63) is 23.0 Å². The van der Waals surface area contributed by atoms with Crippen LogP contribution < -0.4 is 0 Å².